The van der Waals surface area contributed by atoms with Crippen molar-refractivity contribution in [1.29, 1.82) is 0 Å². The summed E-state index contributed by atoms with van der Waals surface area (Å²) in [5.74, 6) is 0.541. The molecule has 0 radical (unpaired) electrons. The van der Waals surface area contributed by atoms with E-state index in [2.05, 4.69) is 37.6 Å². The van der Waals surface area contributed by atoms with Crippen LogP contribution in [0.1, 0.15) is 28.8 Å². The van der Waals surface area contributed by atoms with Gasteiger partial charge in [0.25, 0.3) is 0 Å². The zero-order valence-electron chi connectivity index (χ0n) is 16.0. The Kier molecular flexibility index (Phi) is 10.2. The predicted molar refractivity (Wildman–Crippen MR) is 118 cm³/mol. The fourth-order valence-electron chi connectivity index (χ4n) is 2.39. The quantitative estimate of drug-likeness (QED) is 0.324. The van der Waals surface area contributed by atoms with E-state index in [1.807, 2.05) is 33.2 Å². The van der Waals surface area contributed by atoms with Crippen LogP contribution in [0.15, 0.2) is 34.6 Å². The summed E-state index contributed by atoms with van der Waals surface area (Å²) in [6.45, 7) is 4.09. The molecule has 156 valence electrons. The number of halogens is 4. The van der Waals surface area contributed by atoms with Gasteiger partial charge in [0, 0.05) is 18.5 Å². The van der Waals surface area contributed by atoms with Crippen molar-refractivity contribution in [2.75, 3.05) is 20.6 Å². The van der Waals surface area contributed by atoms with Crippen molar-refractivity contribution >= 4 is 41.3 Å². The van der Waals surface area contributed by atoms with Gasteiger partial charge in [0.2, 0.25) is 0 Å². The summed E-state index contributed by atoms with van der Waals surface area (Å²) in [5.41, 5.74) is 1.41. The first kappa shape index (κ1) is 24.6. The van der Waals surface area contributed by atoms with Gasteiger partial charge < -0.3 is 15.5 Å². The Hall–Kier alpha value is -1.40. The maximum Gasteiger partial charge on any atom is 0.434 e. The number of hydrogen-bond donors (Lipinski definition) is 2. The standard InChI is InChI=1S/C18H24F3N5S.HI/c1-4-22-17(24-10-16-25-15(12-27-16)18(19,20)21)23-9-13-6-5-7-14(8-13)11-26(2)3;/h5-8,12H,4,9-11H2,1-3H3,(H2,22,23,24);1H. The molecule has 0 aliphatic heterocycles. The Labute approximate surface area is 184 Å². The number of aliphatic imine (C=N–C) groups is 1. The summed E-state index contributed by atoms with van der Waals surface area (Å²) in [6, 6.07) is 8.17. The van der Waals surface area contributed by atoms with Gasteiger partial charge in [0.1, 0.15) is 5.01 Å². The second-order valence-corrected chi connectivity index (χ2v) is 7.17. The van der Waals surface area contributed by atoms with Crippen LogP contribution >= 0.6 is 35.3 Å². The lowest BCUT2D eigenvalue weighted by Crippen LogP contribution is -2.36. The number of nitrogens with zero attached hydrogens (tertiary/aromatic N) is 3. The maximum absolute atomic E-state index is 12.6. The molecular formula is C18H25F3IN5S. The van der Waals surface area contributed by atoms with E-state index in [-0.39, 0.29) is 30.5 Å². The van der Waals surface area contributed by atoms with E-state index in [0.717, 1.165) is 28.8 Å². The fourth-order valence-corrected chi connectivity index (χ4v) is 3.13. The minimum atomic E-state index is -4.41. The van der Waals surface area contributed by atoms with Crippen molar-refractivity contribution < 1.29 is 13.2 Å². The van der Waals surface area contributed by atoms with Gasteiger partial charge in [-0.15, -0.1) is 35.3 Å². The first-order valence-electron chi connectivity index (χ1n) is 8.54. The molecule has 1 aromatic carbocycles. The Bertz CT molecular complexity index is 762. The molecule has 5 nitrogen and oxygen atoms in total. The lowest BCUT2D eigenvalue weighted by molar-refractivity contribution is -0.140. The van der Waals surface area contributed by atoms with E-state index in [9.17, 15) is 13.2 Å². The van der Waals surface area contributed by atoms with Gasteiger partial charge in [-0.3, -0.25) is 0 Å². The van der Waals surface area contributed by atoms with Crippen LogP contribution in [0.2, 0.25) is 0 Å². The first-order chi connectivity index (χ1) is 12.8. The van der Waals surface area contributed by atoms with Crippen molar-refractivity contribution in [3.05, 3.63) is 51.5 Å². The third-order valence-electron chi connectivity index (χ3n) is 3.50. The predicted octanol–water partition coefficient (Wildman–Crippen LogP) is 4.10. The molecule has 0 saturated heterocycles. The molecule has 2 N–H and O–H groups in total. The number of guanidine groups is 1. The normalized spacial score (nSPS) is 12.0. The van der Waals surface area contributed by atoms with Gasteiger partial charge in [0.15, 0.2) is 11.7 Å². The molecule has 0 saturated carbocycles. The number of alkyl halides is 3. The van der Waals surface area contributed by atoms with Crippen LogP contribution in [-0.2, 0) is 25.8 Å². The van der Waals surface area contributed by atoms with Crippen LogP contribution in [0, 0.1) is 0 Å². The summed E-state index contributed by atoms with van der Waals surface area (Å²) >= 11 is 0.978. The second kappa shape index (κ2) is 11.6. The van der Waals surface area contributed by atoms with Crippen LogP contribution in [0.25, 0.3) is 0 Å². The van der Waals surface area contributed by atoms with E-state index < -0.39 is 11.9 Å². The molecule has 0 aliphatic rings. The van der Waals surface area contributed by atoms with Crippen molar-refractivity contribution in [1.82, 2.24) is 20.5 Å². The van der Waals surface area contributed by atoms with Crippen LogP contribution in [0.5, 0.6) is 0 Å². The SMILES string of the molecule is CCNC(=NCc1cccc(CN(C)C)c1)NCc1nc(C(F)(F)F)cs1.I. The minimum Gasteiger partial charge on any atom is -0.357 e. The van der Waals surface area contributed by atoms with E-state index in [1.165, 1.54) is 5.56 Å². The van der Waals surface area contributed by atoms with E-state index >= 15 is 0 Å². The maximum atomic E-state index is 12.6. The molecule has 0 fully saturated rings. The van der Waals surface area contributed by atoms with Crippen LogP contribution in [0.3, 0.4) is 0 Å². The summed E-state index contributed by atoms with van der Waals surface area (Å²) < 4.78 is 37.9. The summed E-state index contributed by atoms with van der Waals surface area (Å²) in [5, 5.41) is 7.51. The van der Waals surface area contributed by atoms with Crippen LogP contribution in [0.4, 0.5) is 13.2 Å². The average molecular weight is 527 g/mol. The number of benzene rings is 1. The molecule has 0 aliphatic carbocycles. The van der Waals surface area contributed by atoms with E-state index in [0.29, 0.717) is 24.1 Å². The highest BCUT2D eigenvalue weighted by Crippen LogP contribution is 2.29. The molecule has 0 unspecified atom stereocenters. The van der Waals surface area contributed by atoms with Gasteiger partial charge in [-0.2, -0.15) is 13.2 Å². The number of rotatable bonds is 7. The zero-order chi connectivity index (χ0) is 19.9. The number of aromatic nitrogens is 1. The van der Waals surface area contributed by atoms with Crippen molar-refractivity contribution in [2.45, 2.75) is 32.7 Å². The highest BCUT2D eigenvalue weighted by Gasteiger charge is 2.33. The van der Waals surface area contributed by atoms with E-state index in [4.69, 9.17) is 0 Å². The molecule has 10 heteroatoms. The number of thiazole rings is 1. The highest BCUT2D eigenvalue weighted by molar-refractivity contribution is 14.0. The molecular weight excluding hydrogens is 502 g/mol. The number of nitrogens with one attached hydrogen (secondary N) is 2. The largest absolute Gasteiger partial charge is 0.434 e. The Morgan fingerprint density at radius 2 is 1.93 bits per heavy atom. The van der Waals surface area contributed by atoms with Gasteiger partial charge in [-0.1, -0.05) is 24.3 Å². The molecule has 0 atom stereocenters. The third kappa shape index (κ3) is 8.31. The second-order valence-electron chi connectivity index (χ2n) is 6.23. The molecule has 1 aromatic heterocycles. The number of hydrogen-bond acceptors (Lipinski definition) is 4. The van der Waals surface area contributed by atoms with Crippen LogP contribution in [-0.4, -0.2) is 36.5 Å². The summed E-state index contributed by atoms with van der Waals surface area (Å²) in [7, 11) is 4.03. The Balaban J connectivity index is 0.00000392. The molecule has 0 spiro atoms. The highest BCUT2D eigenvalue weighted by atomic mass is 127. The molecule has 0 bridgehead atoms. The molecule has 1 heterocycles. The third-order valence-corrected chi connectivity index (χ3v) is 4.35. The van der Waals surface area contributed by atoms with Gasteiger partial charge in [-0.05, 0) is 32.1 Å². The van der Waals surface area contributed by atoms with Gasteiger partial charge >= 0.3 is 6.18 Å². The Morgan fingerprint density at radius 1 is 1.21 bits per heavy atom. The minimum absolute atomic E-state index is 0. The lowest BCUT2D eigenvalue weighted by atomic mass is 10.1. The topological polar surface area (TPSA) is 52.6 Å². The fraction of sp³-hybridized carbons (Fsp3) is 0.444. The first-order valence-corrected chi connectivity index (χ1v) is 9.42. The average Bonchev–Trinajstić information content (AvgIpc) is 3.06. The molecule has 2 rings (SSSR count). The summed E-state index contributed by atoms with van der Waals surface area (Å²) in [4.78, 5) is 10.2. The summed E-state index contributed by atoms with van der Waals surface area (Å²) in [6.07, 6.45) is -4.41. The molecule has 0 amide bonds. The Morgan fingerprint density at radius 3 is 2.54 bits per heavy atom. The molecule has 2 aromatic rings. The van der Waals surface area contributed by atoms with Crippen molar-refractivity contribution in [2.24, 2.45) is 4.99 Å². The van der Waals surface area contributed by atoms with Crippen LogP contribution < -0.4 is 10.6 Å². The van der Waals surface area contributed by atoms with Gasteiger partial charge in [-0.25, -0.2) is 9.98 Å². The molecule has 28 heavy (non-hydrogen) atoms. The smallest absolute Gasteiger partial charge is 0.357 e. The van der Waals surface area contributed by atoms with Crippen molar-refractivity contribution in [3.63, 3.8) is 0 Å². The van der Waals surface area contributed by atoms with Crippen molar-refractivity contribution in [3.8, 4) is 0 Å². The zero-order valence-corrected chi connectivity index (χ0v) is 19.2. The lowest BCUT2D eigenvalue weighted by Gasteiger charge is -2.12. The monoisotopic (exact) mass is 527 g/mol. The van der Waals surface area contributed by atoms with E-state index in [1.54, 1.807) is 0 Å². The van der Waals surface area contributed by atoms with Gasteiger partial charge in [0.05, 0.1) is 13.1 Å².